The molecule has 1 aromatic heterocycles. The Morgan fingerprint density at radius 1 is 1.28 bits per heavy atom. The molecule has 96 valence electrons. The van der Waals surface area contributed by atoms with Crippen LogP contribution in [-0.2, 0) is 6.54 Å². The van der Waals surface area contributed by atoms with Crippen molar-refractivity contribution in [3.63, 3.8) is 0 Å². The summed E-state index contributed by atoms with van der Waals surface area (Å²) in [4.78, 5) is 7.22. The molecule has 1 saturated heterocycles. The van der Waals surface area contributed by atoms with E-state index in [9.17, 15) is 0 Å². The summed E-state index contributed by atoms with van der Waals surface area (Å²) < 4.78 is 1.30. The van der Waals surface area contributed by atoms with Gasteiger partial charge in [-0.1, -0.05) is 12.1 Å². The molecular weight excluding hydrogens is 242 g/mol. The third-order valence-electron chi connectivity index (χ3n) is 3.33. The zero-order valence-electron chi connectivity index (χ0n) is 10.9. The fourth-order valence-electron chi connectivity index (χ4n) is 2.75. The van der Waals surface area contributed by atoms with Crippen molar-refractivity contribution in [2.45, 2.75) is 32.5 Å². The Labute approximate surface area is 112 Å². The number of rotatable bonds is 2. The van der Waals surface area contributed by atoms with E-state index in [4.69, 9.17) is 4.98 Å². The van der Waals surface area contributed by atoms with Gasteiger partial charge in [0.15, 0.2) is 0 Å². The number of fused-ring (bicyclic) bond motifs is 1. The molecule has 0 amide bonds. The van der Waals surface area contributed by atoms with Crippen molar-refractivity contribution in [3.05, 3.63) is 29.3 Å². The predicted molar refractivity (Wildman–Crippen MR) is 77.0 cm³/mol. The summed E-state index contributed by atoms with van der Waals surface area (Å²) in [6.07, 6.45) is 0. The average Bonchev–Trinajstić information content (AvgIpc) is 2.69. The Balaban J connectivity index is 1.75. The second kappa shape index (κ2) is 4.96. The van der Waals surface area contributed by atoms with Gasteiger partial charge in [-0.25, -0.2) is 4.98 Å². The van der Waals surface area contributed by atoms with Crippen LogP contribution in [0.1, 0.15) is 18.9 Å². The number of hydrogen-bond acceptors (Lipinski definition) is 4. The van der Waals surface area contributed by atoms with Gasteiger partial charge in [0.05, 0.1) is 16.8 Å². The van der Waals surface area contributed by atoms with Crippen LogP contribution in [0.3, 0.4) is 0 Å². The number of nitrogens with one attached hydrogen (secondary N) is 1. The molecule has 3 nitrogen and oxygen atoms in total. The van der Waals surface area contributed by atoms with Crippen LogP contribution in [0.5, 0.6) is 0 Å². The first-order valence-corrected chi connectivity index (χ1v) is 7.35. The third kappa shape index (κ3) is 2.55. The number of thiazole rings is 1. The van der Waals surface area contributed by atoms with Gasteiger partial charge in [0, 0.05) is 25.2 Å². The molecule has 18 heavy (non-hydrogen) atoms. The zero-order valence-corrected chi connectivity index (χ0v) is 11.7. The smallest absolute Gasteiger partial charge is 0.108 e. The molecular formula is C14H19N3S. The number of para-hydroxylation sites is 1. The fraction of sp³-hybridized carbons (Fsp3) is 0.500. The molecule has 0 saturated carbocycles. The molecule has 0 radical (unpaired) electrons. The Bertz CT molecular complexity index is 494. The van der Waals surface area contributed by atoms with Crippen molar-refractivity contribution in [2.75, 3.05) is 13.1 Å². The molecule has 3 rings (SSSR count). The van der Waals surface area contributed by atoms with Gasteiger partial charge in [-0.15, -0.1) is 11.3 Å². The minimum absolute atomic E-state index is 0.572. The normalized spacial score (nSPS) is 25.7. The van der Waals surface area contributed by atoms with Crippen molar-refractivity contribution in [1.29, 1.82) is 0 Å². The number of benzene rings is 1. The van der Waals surface area contributed by atoms with Crippen LogP contribution >= 0.6 is 11.3 Å². The second-order valence-electron chi connectivity index (χ2n) is 5.24. The fourth-order valence-corrected chi connectivity index (χ4v) is 3.76. The maximum absolute atomic E-state index is 4.71. The van der Waals surface area contributed by atoms with Crippen molar-refractivity contribution in [3.8, 4) is 0 Å². The van der Waals surface area contributed by atoms with Gasteiger partial charge in [0.25, 0.3) is 0 Å². The number of piperazine rings is 1. The van der Waals surface area contributed by atoms with Crippen molar-refractivity contribution in [1.82, 2.24) is 15.2 Å². The molecule has 1 aliphatic heterocycles. The Morgan fingerprint density at radius 3 is 2.72 bits per heavy atom. The van der Waals surface area contributed by atoms with Crippen LogP contribution in [0.15, 0.2) is 24.3 Å². The molecule has 0 spiro atoms. The lowest BCUT2D eigenvalue weighted by Gasteiger charge is -2.35. The van der Waals surface area contributed by atoms with Gasteiger partial charge in [0.2, 0.25) is 0 Å². The molecule has 2 atom stereocenters. The van der Waals surface area contributed by atoms with E-state index in [-0.39, 0.29) is 0 Å². The summed E-state index contributed by atoms with van der Waals surface area (Å²) in [6.45, 7) is 7.71. The number of aromatic nitrogens is 1. The van der Waals surface area contributed by atoms with E-state index >= 15 is 0 Å². The SMILES string of the molecule is CC1CN(Cc2nc3ccccc3s2)CC(C)N1. The van der Waals surface area contributed by atoms with Gasteiger partial charge in [0.1, 0.15) is 5.01 Å². The molecule has 4 heteroatoms. The highest BCUT2D eigenvalue weighted by Crippen LogP contribution is 2.23. The summed E-state index contributed by atoms with van der Waals surface area (Å²) in [6, 6.07) is 9.53. The largest absolute Gasteiger partial charge is 0.309 e. The minimum atomic E-state index is 0.572. The molecule has 1 fully saturated rings. The molecule has 1 N–H and O–H groups in total. The van der Waals surface area contributed by atoms with Gasteiger partial charge < -0.3 is 5.32 Å². The highest BCUT2D eigenvalue weighted by Gasteiger charge is 2.21. The lowest BCUT2D eigenvalue weighted by Crippen LogP contribution is -2.53. The van der Waals surface area contributed by atoms with Crippen LogP contribution in [0.2, 0.25) is 0 Å². The minimum Gasteiger partial charge on any atom is -0.309 e. The number of hydrogen-bond donors (Lipinski definition) is 1. The van der Waals surface area contributed by atoms with E-state index in [0.29, 0.717) is 12.1 Å². The van der Waals surface area contributed by atoms with E-state index in [0.717, 1.165) is 25.2 Å². The monoisotopic (exact) mass is 261 g/mol. The van der Waals surface area contributed by atoms with Crippen LogP contribution in [0.25, 0.3) is 10.2 Å². The number of nitrogens with zero attached hydrogens (tertiary/aromatic N) is 2. The standard InChI is InChI=1S/C14H19N3S/c1-10-7-17(8-11(2)15-10)9-14-16-12-5-3-4-6-13(12)18-14/h3-6,10-11,15H,7-9H2,1-2H3. The molecule has 0 aliphatic carbocycles. The van der Waals surface area contributed by atoms with Crippen LogP contribution < -0.4 is 5.32 Å². The maximum Gasteiger partial charge on any atom is 0.108 e. The first-order chi connectivity index (χ1) is 8.70. The van der Waals surface area contributed by atoms with Gasteiger partial charge in [-0.3, -0.25) is 4.90 Å². The highest BCUT2D eigenvalue weighted by atomic mass is 32.1. The summed E-state index contributed by atoms with van der Waals surface area (Å²) in [5, 5.41) is 4.80. The van der Waals surface area contributed by atoms with Crippen molar-refractivity contribution in [2.24, 2.45) is 0 Å². The first-order valence-electron chi connectivity index (χ1n) is 6.53. The van der Waals surface area contributed by atoms with Gasteiger partial charge in [-0.05, 0) is 26.0 Å². The molecule has 1 aliphatic rings. The first kappa shape index (κ1) is 12.1. The topological polar surface area (TPSA) is 28.2 Å². The van der Waals surface area contributed by atoms with Gasteiger partial charge in [-0.2, -0.15) is 0 Å². The summed E-state index contributed by atoms with van der Waals surface area (Å²) >= 11 is 1.82. The Hall–Kier alpha value is -0.970. The summed E-state index contributed by atoms with van der Waals surface area (Å²) in [5.41, 5.74) is 1.13. The molecule has 2 unspecified atom stereocenters. The average molecular weight is 261 g/mol. The van der Waals surface area contributed by atoms with Crippen molar-refractivity contribution < 1.29 is 0 Å². The molecule has 0 bridgehead atoms. The Kier molecular flexibility index (Phi) is 3.33. The van der Waals surface area contributed by atoms with Crippen molar-refractivity contribution >= 4 is 21.6 Å². The lowest BCUT2D eigenvalue weighted by atomic mass is 10.1. The Morgan fingerprint density at radius 2 is 2.00 bits per heavy atom. The van der Waals surface area contributed by atoms with E-state index < -0.39 is 0 Å². The van der Waals surface area contributed by atoms with Crippen LogP contribution in [0, 0.1) is 0 Å². The third-order valence-corrected chi connectivity index (χ3v) is 4.35. The van der Waals surface area contributed by atoms with E-state index in [1.165, 1.54) is 9.71 Å². The molecule has 1 aromatic carbocycles. The molecule has 2 aromatic rings. The summed E-state index contributed by atoms with van der Waals surface area (Å²) in [5.74, 6) is 0. The highest BCUT2D eigenvalue weighted by molar-refractivity contribution is 7.18. The van der Waals surface area contributed by atoms with E-state index in [1.807, 2.05) is 11.3 Å². The summed E-state index contributed by atoms with van der Waals surface area (Å²) in [7, 11) is 0. The van der Waals surface area contributed by atoms with E-state index in [2.05, 4.69) is 48.3 Å². The van der Waals surface area contributed by atoms with Gasteiger partial charge >= 0.3 is 0 Å². The maximum atomic E-state index is 4.71. The van der Waals surface area contributed by atoms with Crippen LogP contribution in [-0.4, -0.2) is 35.1 Å². The lowest BCUT2D eigenvalue weighted by molar-refractivity contribution is 0.166. The van der Waals surface area contributed by atoms with Crippen LogP contribution in [0.4, 0.5) is 0 Å². The zero-order chi connectivity index (χ0) is 12.5. The molecule has 2 heterocycles. The predicted octanol–water partition coefficient (Wildman–Crippen LogP) is 2.48. The van der Waals surface area contributed by atoms with E-state index in [1.54, 1.807) is 0 Å². The second-order valence-corrected chi connectivity index (χ2v) is 6.35. The quantitative estimate of drug-likeness (QED) is 0.900.